The predicted molar refractivity (Wildman–Crippen MR) is 153 cm³/mol. The monoisotopic (exact) mass is 566 g/mol. The molecular weight excluding hydrogens is 528 g/mol. The number of carboxylic acid groups (broad SMARTS) is 1. The van der Waals surface area contributed by atoms with Crippen molar-refractivity contribution < 1.29 is 24.3 Å². The zero-order valence-corrected chi connectivity index (χ0v) is 23.2. The summed E-state index contributed by atoms with van der Waals surface area (Å²) >= 11 is 5.62. The van der Waals surface area contributed by atoms with Crippen molar-refractivity contribution in [2.24, 2.45) is 11.5 Å². The van der Waals surface area contributed by atoms with Crippen molar-refractivity contribution in [1.82, 2.24) is 20.9 Å². The standard InChI is InChI=1S/C25H38N6O5S2/c1-38-11-9-20(25(35)36)30-24(34)21(14-37)31-23(33)19(8-4-5-10-26)29-22(32)17(27)12-15-13-28-18-7-3-2-6-16(15)18/h2-3,6-7,13,17,19-21,28,37H,4-5,8-12,14,26-27H2,1H3,(H,29,32)(H,30,34)(H,31,33)(H,35,36). The number of aliphatic carboxylic acids is 1. The van der Waals surface area contributed by atoms with E-state index in [0.29, 0.717) is 31.6 Å². The van der Waals surface area contributed by atoms with Crippen molar-refractivity contribution >= 4 is 59.0 Å². The molecule has 38 heavy (non-hydrogen) atoms. The number of aromatic amines is 1. The SMILES string of the molecule is CSCCC(NC(=O)C(CS)NC(=O)C(CCCCN)NC(=O)C(N)Cc1c[nH]c2ccccc12)C(=O)O. The number of carbonyl (C=O) groups is 4. The lowest BCUT2D eigenvalue weighted by molar-refractivity contribution is -0.142. The highest BCUT2D eigenvalue weighted by Gasteiger charge is 2.29. The number of nitrogens with one attached hydrogen (secondary N) is 4. The molecular formula is C25H38N6O5S2. The summed E-state index contributed by atoms with van der Waals surface area (Å²) in [4.78, 5) is 53.4. The van der Waals surface area contributed by atoms with Crippen LogP contribution in [0.2, 0.25) is 0 Å². The average Bonchev–Trinajstić information content (AvgIpc) is 3.31. The van der Waals surface area contributed by atoms with Crippen molar-refractivity contribution in [2.45, 2.75) is 56.3 Å². The number of carbonyl (C=O) groups excluding carboxylic acids is 3. The molecule has 0 aliphatic heterocycles. The molecule has 4 atom stereocenters. The van der Waals surface area contributed by atoms with Crippen LogP contribution < -0.4 is 27.4 Å². The molecule has 0 fully saturated rings. The van der Waals surface area contributed by atoms with E-state index in [1.54, 1.807) is 0 Å². The van der Waals surface area contributed by atoms with Gasteiger partial charge in [0.15, 0.2) is 0 Å². The molecule has 0 aliphatic carbocycles. The molecule has 0 bridgehead atoms. The Morgan fingerprint density at radius 3 is 2.32 bits per heavy atom. The van der Waals surface area contributed by atoms with Crippen LogP contribution in [0.3, 0.4) is 0 Å². The molecule has 1 heterocycles. The molecule has 0 aliphatic rings. The number of H-pyrrole nitrogens is 1. The van der Waals surface area contributed by atoms with E-state index in [9.17, 15) is 24.3 Å². The highest BCUT2D eigenvalue weighted by molar-refractivity contribution is 7.98. The van der Waals surface area contributed by atoms with Crippen LogP contribution >= 0.6 is 24.4 Å². The number of thioether (sulfide) groups is 1. The van der Waals surface area contributed by atoms with E-state index in [0.717, 1.165) is 16.5 Å². The molecule has 1 aromatic heterocycles. The third kappa shape index (κ3) is 9.53. The summed E-state index contributed by atoms with van der Waals surface area (Å²) in [6, 6.07) is 3.64. The number of rotatable bonds is 17. The Bertz CT molecular complexity index is 1080. The lowest BCUT2D eigenvalue weighted by Crippen LogP contribution is -2.57. The number of hydrogen-bond donors (Lipinski definition) is 8. The number of fused-ring (bicyclic) bond motifs is 1. The van der Waals surface area contributed by atoms with Crippen LogP contribution in [0.1, 0.15) is 31.2 Å². The molecule has 3 amide bonds. The van der Waals surface area contributed by atoms with E-state index in [1.807, 2.05) is 36.7 Å². The van der Waals surface area contributed by atoms with Crippen LogP contribution in [-0.4, -0.2) is 82.3 Å². The first kappa shape index (κ1) is 31.5. The van der Waals surface area contributed by atoms with E-state index in [1.165, 1.54) is 11.8 Å². The summed E-state index contributed by atoms with van der Waals surface area (Å²) in [6.07, 6.45) is 5.66. The Morgan fingerprint density at radius 1 is 1.00 bits per heavy atom. The van der Waals surface area contributed by atoms with Gasteiger partial charge in [-0.1, -0.05) is 18.2 Å². The van der Waals surface area contributed by atoms with Gasteiger partial charge in [0.25, 0.3) is 0 Å². The molecule has 0 radical (unpaired) electrons. The van der Waals surface area contributed by atoms with E-state index < -0.39 is 47.9 Å². The van der Waals surface area contributed by atoms with Gasteiger partial charge in [-0.05, 0) is 62.3 Å². The maximum absolute atomic E-state index is 13.1. The molecule has 9 N–H and O–H groups in total. The second-order valence-electron chi connectivity index (χ2n) is 8.94. The molecule has 2 rings (SSSR count). The average molecular weight is 567 g/mol. The Hall–Kier alpha value is -2.74. The van der Waals surface area contributed by atoms with Gasteiger partial charge in [-0.15, -0.1) is 0 Å². The van der Waals surface area contributed by atoms with E-state index in [2.05, 4.69) is 33.6 Å². The van der Waals surface area contributed by atoms with Gasteiger partial charge >= 0.3 is 5.97 Å². The number of carboxylic acids is 1. The lowest BCUT2D eigenvalue weighted by Gasteiger charge is -2.24. The van der Waals surface area contributed by atoms with Gasteiger partial charge in [-0.2, -0.15) is 24.4 Å². The van der Waals surface area contributed by atoms with Crippen LogP contribution in [0.4, 0.5) is 0 Å². The van der Waals surface area contributed by atoms with Gasteiger partial charge in [-0.25, -0.2) is 4.79 Å². The van der Waals surface area contributed by atoms with E-state index >= 15 is 0 Å². The van der Waals surface area contributed by atoms with Gasteiger partial charge in [0.1, 0.15) is 18.1 Å². The molecule has 1 aromatic carbocycles. The zero-order valence-electron chi connectivity index (χ0n) is 21.4. The summed E-state index contributed by atoms with van der Waals surface area (Å²) in [6.45, 7) is 0.427. The minimum atomic E-state index is -1.16. The summed E-state index contributed by atoms with van der Waals surface area (Å²) in [5.74, 6) is -2.42. The largest absolute Gasteiger partial charge is 0.480 e. The Balaban J connectivity index is 2.05. The fourth-order valence-corrected chi connectivity index (χ4v) is 4.63. The summed E-state index contributed by atoms with van der Waals surface area (Å²) in [5, 5.41) is 18.1. The Morgan fingerprint density at radius 2 is 1.66 bits per heavy atom. The quantitative estimate of drug-likeness (QED) is 0.0995. The van der Waals surface area contributed by atoms with Gasteiger partial charge in [-0.3, -0.25) is 14.4 Å². The van der Waals surface area contributed by atoms with Crippen LogP contribution in [-0.2, 0) is 25.6 Å². The highest BCUT2D eigenvalue weighted by Crippen LogP contribution is 2.19. The fourth-order valence-electron chi connectivity index (χ4n) is 3.90. The van der Waals surface area contributed by atoms with Crippen LogP contribution in [0.15, 0.2) is 30.5 Å². The third-order valence-electron chi connectivity index (χ3n) is 6.07. The molecule has 0 saturated heterocycles. The minimum absolute atomic E-state index is 0.0595. The minimum Gasteiger partial charge on any atom is -0.480 e. The number of benzene rings is 1. The first-order chi connectivity index (χ1) is 18.2. The van der Waals surface area contributed by atoms with Crippen molar-refractivity contribution in [3.05, 3.63) is 36.0 Å². The van der Waals surface area contributed by atoms with Gasteiger partial charge < -0.3 is 37.5 Å². The number of hydrogen-bond acceptors (Lipinski definition) is 8. The van der Waals surface area contributed by atoms with Crippen LogP contribution in [0.25, 0.3) is 10.9 Å². The number of nitrogens with two attached hydrogens (primary N) is 2. The summed E-state index contributed by atoms with van der Waals surface area (Å²) in [7, 11) is 0. The number of aromatic nitrogens is 1. The molecule has 11 nitrogen and oxygen atoms in total. The van der Waals surface area contributed by atoms with Crippen LogP contribution in [0.5, 0.6) is 0 Å². The second kappa shape index (κ2) is 16.3. The second-order valence-corrected chi connectivity index (χ2v) is 10.3. The van der Waals surface area contributed by atoms with Crippen molar-refractivity contribution in [1.29, 1.82) is 0 Å². The van der Waals surface area contributed by atoms with Gasteiger partial charge in [0.2, 0.25) is 17.7 Å². The van der Waals surface area contributed by atoms with Gasteiger partial charge in [0, 0.05) is 22.9 Å². The molecule has 210 valence electrons. The zero-order chi connectivity index (χ0) is 28.1. The lowest BCUT2D eigenvalue weighted by atomic mass is 10.0. The summed E-state index contributed by atoms with van der Waals surface area (Å²) in [5.41, 5.74) is 13.6. The molecule has 0 saturated carbocycles. The van der Waals surface area contributed by atoms with E-state index in [-0.39, 0.29) is 18.6 Å². The third-order valence-corrected chi connectivity index (χ3v) is 7.08. The smallest absolute Gasteiger partial charge is 0.326 e. The molecule has 4 unspecified atom stereocenters. The molecule has 0 spiro atoms. The number of thiol groups is 1. The first-order valence-electron chi connectivity index (χ1n) is 12.5. The normalized spacial score (nSPS) is 14.3. The summed E-state index contributed by atoms with van der Waals surface area (Å²) < 4.78 is 0. The maximum Gasteiger partial charge on any atom is 0.326 e. The Labute approximate surface area is 232 Å². The molecule has 13 heteroatoms. The van der Waals surface area contributed by atoms with Crippen molar-refractivity contribution in [2.75, 3.05) is 24.3 Å². The van der Waals surface area contributed by atoms with E-state index in [4.69, 9.17) is 11.5 Å². The first-order valence-corrected chi connectivity index (χ1v) is 14.5. The maximum atomic E-state index is 13.1. The predicted octanol–water partition coefficient (Wildman–Crippen LogP) is 0.389. The Kier molecular flexibility index (Phi) is 13.5. The topological polar surface area (TPSA) is 192 Å². The van der Waals surface area contributed by atoms with Crippen LogP contribution in [0, 0.1) is 0 Å². The highest BCUT2D eigenvalue weighted by atomic mass is 32.2. The number of para-hydroxylation sites is 1. The fraction of sp³-hybridized carbons (Fsp3) is 0.520. The van der Waals surface area contributed by atoms with Gasteiger partial charge in [0.05, 0.1) is 6.04 Å². The van der Waals surface area contributed by atoms with Crippen molar-refractivity contribution in [3.63, 3.8) is 0 Å². The number of unbranched alkanes of at least 4 members (excludes halogenated alkanes) is 1. The van der Waals surface area contributed by atoms with Crippen molar-refractivity contribution in [3.8, 4) is 0 Å². The number of amides is 3. The molecule has 2 aromatic rings.